The number of rotatable bonds is 11. The maximum Gasteiger partial charge on any atom is 0.174 e. The molecule has 0 saturated carbocycles. The van der Waals surface area contributed by atoms with Crippen LogP contribution in [0.4, 0.5) is 0 Å². The van der Waals surface area contributed by atoms with Gasteiger partial charge in [0.25, 0.3) is 0 Å². The van der Waals surface area contributed by atoms with Crippen LogP contribution >= 0.6 is 27.4 Å². The highest BCUT2D eigenvalue weighted by molar-refractivity contribution is 8.99. The third-order valence-electron chi connectivity index (χ3n) is 1.59. The smallest absolute Gasteiger partial charge is 0.174 e. The Kier molecular flexibility index (Phi) is 12.2. The Morgan fingerprint density at radius 2 is 1.44 bits per heavy atom. The summed E-state index contributed by atoms with van der Waals surface area (Å²) in [6.45, 7) is 6.99. The Hall–Kier alpha value is 1.23. The predicted molar refractivity (Wildman–Crippen MR) is 79.2 cm³/mol. The van der Waals surface area contributed by atoms with Gasteiger partial charge in [0, 0.05) is 31.8 Å². The minimum atomic E-state index is -1.77. The molecule has 0 N–H and O–H groups in total. The van der Waals surface area contributed by atoms with E-state index >= 15 is 0 Å². The zero-order chi connectivity index (χ0) is 12.3. The van der Waals surface area contributed by atoms with Crippen molar-refractivity contribution in [3.8, 4) is 0 Å². The van der Waals surface area contributed by atoms with Gasteiger partial charge in [0.05, 0.1) is 13.2 Å². The molecule has 98 valence electrons. The zero-order valence-corrected chi connectivity index (χ0v) is 13.5. The molecule has 0 saturated heterocycles. The Morgan fingerprint density at radius 1 is 1.00 bits per heavy atom. The topological polar surface area (TPSA) is 27.7 Å². The highest BCUT2D eigenvalue weighted by atomic mass is 33.2. The third kappa shape index (κ3) is 9.28. The maximum atomic E-state index is 5.51. The summed E-state index contributed by atoms with van der Waals surface area (Å²) >= 11 is 8.92. The number of hydrogen-bond acceptors (Lipinski definition) is 6. The summed E-state index contributed by atoms with van der Waals surface area (Å²) in [7, 11) is 1.70. The van der Waals surface area contributed by atoms with E-state index in [1.807, 2.05) is 13.8 Å². The van der Waals surface area contributed by atoms with Gasteiger partial charge in [0.15, 0.2) is 4.67 Å². The van der Waals surface area contributed by atoms with Crippen LogP contribution in [0.25, 0.3) is 0 Å². The van der Waals surface area contributed by atoms with Gasteiger partial charge >= 0.3 is 0 Å². The monoisotopic (exact) mass is 304 g/mol. The van der Waals surface area contributed by atoms with Gasteiger partial charge in [0.2, 0.25) is 0 Å². The Morgan fingerprint density at radius 3 is 1.75 bits per heavy atom. The second kappa shape index (κ2) is 11.3. The van der Waals surface area contributed by atoms with Gasteiger partial charge in [-0.3, -0.25) is 0 Å². The molecule has 0 aromatic carbocycles. The second-order valence-electron chi connectivity index (χ2n) is 2.69. The van der Waals surface area contributed by atoms with E-state index in [9.17, 15) is 0 Å². The minimum Gasteiger partial charge on any atom is -0.381 e. The van der Waals surface area contributed by atoms with E-state index in [1.54, 1.807) is 29.9 Å². The fourth-order valence-corrected chi connectivity index (χ4v) is 7.96. The van der Waals surface area contributed by atoms with Crippen molar-refractivity contribution in [2.45, 2.75) is 13.8 Å². The van der Waals surface area contributed by atoms with E-state index in [4.69, 9.17) is 25.8 Å². The quantitative estimate of drug-likeness (QED) is 0.429. The van der Waals surface area contributed by atoms with Crippen molar-refractivity contribution in [2.24, 2.45) is 0 Å². The summed E-state index contributed by atoms with van der Waals surface area (Å²) in [5.41, 5.74) is 0. The van der Waals surface area contributed by atoms with Gasteiger partial charge in [-0.15, -0.1) is 0 Å². The van der Waals surface area contributed by atoms with Crippen molar-refractivity contribution in [3.05, 3.63) is 0 Å². The average Bonchev–Trinajstić information content (AvgIpc) is 2.31. The third-order valence-corrected chi connectivity index (χ3v) is 11.5. The summed E-state index contributed by atoms with van der Waals surface area (Å²) in [4.78, 5) is 0. The molecule has 0 aliphatic rings. The number of hydrogen-bond donors (Lipinski definition) is 0. The normalized spacial score (nSPS) is 11.9. The first kappa shape index (κ1) is 17.2. The highest BCUT2D eigenvalue weighted by Crippen LogP contribution is 2.69. The van der Waals surface area contributed by atoms with E-state index < -0.39 is 4.67 Å². The van der Waals surface area contributed by atoms with Crippen LogP contribution in [0.2, 0.25) is 0 Å². The fourth-order valence-electron chi connectivity index (χ4n) is 0.847. The maximum absolute atomic E-state index is 5.51. The van der Waals surface area contributed by atoms with Crippen LogP contribution < -0.4 is 0 Å². The molecule has 0 aromatic rings. The second-order valence-corrected chi connectivity index (χ2v) is 13.5. The first-order valence-corrected chi connectivity index (χ1v) is 11.2. The molecule has 0 fully saturated rings. The van der Waals surface area contributed by atoms with Crippen LogP contribution in [-0.4, -0.2) is 45.0 Å². The molecule has 0 atom stereocenters. The van der Waals surface area contributed by atoms with Gasteiger partial charge in [-0.2, -0.15) is 0 Å². The molecule has 0 heterocycles. The molecule has 0 radical (unpaired) electrons. The van der Waals surface area contributed by atoms with Crippen LogP contribution in [0.3, 0.4) is 0 Å². The minimum absolute atomic E-state index is 0.745. The van der Waals surface area contributed by atoms with Gasteiger partial charge < -0.3 is 14.0 Å². The molecule has 7 heteroatoms. The van der Waals surface area contributed by atoms with Gasteiger partial charge in [-0.25, -0.2) is 0 Å². The lowest BCUT2D eigenvalue weighted by Crippen LogP contribution is -1.97. The summed E-state index contributed by atoms with van der Waals surface area (Å²) < 4.78 is 14.2. The van der Waals surface area contributed by atoms with E-state index in [-0.39, 0.29) is 0 Å². The lowest BCUT2D eigenvalue weighted by Gasteiger charge is -2.18. The number of ether oxygens (including phenoxy) is 2. The first-order valence-electron chi connectivity index (χ1n) is 5.28. The van der Waals surface area contributed by atoms with Crippen molar-refractivity contribution in [3.63, 3.8) is 0 Å². The molecular weight excluding hydrogens is 283 g/mol. The van der Waals surface area contributed by atoms with Crippen molar-refractivity contribution in [1.82, 2.24) is 0 Å². The summed E-state index contributed by atoms with van der Waals surface area (Å²) in [5, 5.41) is 0. The van der Waals surface area contributed by atoms with E-state index in [2.05, 4.69) is 0 Å². The molecule has 16 heavy (non-hydrogen) atoms. The van der Waals surface area contributed by atoms with Crippen LogP contribution in [0.5, 0.6) is 0 Å². The van der Waals surface area contributed by atoms with Crippen LogP contribution in [0.1, 0.15) is 13.8 Å². The van der Waals surface area contributed by atoms with Crippen molar-refractivity contribution in [2.75, 3.05) is 45.0 Å². The van der Waals surface area contributed by atoms with Gasteiger partial charge in [-0.1, -0.05) is 22.8 Å². The van der Waals surface area contributed by atoms with E-state index in [1.165, 1.54) is 0 Å². The lowest BCUT2D eigenvalue weighted by atomic mass is 10.8. The largest absolute Gasteiger partial charge is 0.381 e. The lowest BCUT2D eigenvalue weighted by molar-refractivity contribution is 0.164. The van der Waals surface area contributed by atoms with E-state index in [0.29, 0.717) is 0 Å². The molecule has 0 spiro atoms. The molecule has 0 aliphatic carbocycles. The Balaban J connectivity index is 3.69. The fraction of sp³-hybridized carbons (Fsp3) is 1.00. The SMILES string of the molecule is CCOCCSP(=S)(OC)SCCOCC. The molecule has 0 aliphatic heterocycles. The molecule has 0 amide bonds. The first-order chi connectivity index (χ1) is 7.68. The van der Waals surface area contributed by atoms with Gasteiger partial charge in [-0.05, 0) is 25.7 Å². The van der Waals surface area contributed by atoms with Crippen LogP contribution in [0, 0.1) is 0 Å². The standard InChI is InChI=1S/C9H21O3PS3/c1-4-11-6-8-15-13(14,10-3)16-9-7-12-5-2/h4-9H2,1-3H3. The summed E-state index contributed by atoms with van der Waals surface area (Å²) in [6.07, 6.45) is 0. The Labute approximate surface area is 112 Å². The van der Waals surface area contributed by atoms with Gasteiger partial charge in [0.1, 0.15) is 0 Å². The molecule has 0 unspecified atom stereocenters. The van der Waals surface area contributed by atoms with Crippen LogP contribution in [-0.2, 0) is 25.8 Å². The van der Waals surface area contributed by atoms with E-state index in [0.717, 1.165) is 37.9 Å². The zero-order valence-electron chi connectivity index (χ0n) is 10.1. The Bertz CT molecular complexity index is 188. The van der Waals surface area contributed by atoms with Crippen molar-refractivity contribution in [1.29, 1.82) is 0 Å². The highest BCUT2D eigenvalue weighted by Gasteiger charge is 2.17. The summed E-state index contributed by atoms with van der Waals surface area (Å²) in [5.74, 6) is 1.81. The molecular formula is C9H21O3PS3. The van der Waals surface area contributed by atoms with Crippen molar-refractivity contribution >= 4 is 39.2 Å². The molecule has 0 rings (SSSR count). The average molecular weight is 304 g/mol. The molecule has 0 aromatic heterocycles. The molecule has 3 nitrogen and oxygen atoms in total. The molecule has 0 bridgehead atoms. The summed E-state index contributed by atoms with van der Waals surface area (Å²) in [6, 6.07) is 0. The van der Waals surface area contributed by atoms with Crippen LogP contribution in [0.15, 0.2) is 0 Å². The van der Waals surface area contributed by atoms with Crippen molar-refractivity contribution < 1.29 is 14.0 Å². The predicted octanol–water partition coefficient (Wildman–Crippen LogP) is 3.40.